The van der Waals surface area contributed by atoms with Gasteiger partial charge in [0, 0.05) is 24.3 Å². The molecule has 348 valence electrons. The zero-order chi connectivity index (χ0) is 49.9. The third kappa shape index (κ3) is 9.42. The molecule has 0 saturated heterocycles. The summed E-state index contributed by atoms with van der Waals surface area (Å²) in [6, 6.07) is 56.4. The summed E-state index contributed by atoms with van der Waals surface area (Å²) >= 11 is 0. The van der Waals surface area contributed by atoms with Crippen LogP contribution in [0, 0.1) is 0 Å². The molecule has 0 aliphatic heterocycles. The third-order valence-corrected chi connectivity index (χ3v) is 13.7. The fraction of sp³-hybridized carbons (Fsp3) is 0.262. The summed E-state index contributed by atoms with van der Waals surface area (Å²) in [6.45, 7) is 26.0. The van der Waals surface area contributed by atoms with Crippen molar-refractivity contribution in [3.8, 4) is 78.6 Å². The van der Waals surface area contributed by atoms with Crippen molar-refractivity contribution in [3.63, 3.8) is 0 Å². The number of aromatic nitrogens is 3. The number of hydrogen-bond acceptors (Lipinski definition) is 3. The number of fused-ring (bicyclic) bond motifs is 1. The molecule has 0 unspecified atom stereocenters. The summed E-state index contributed by atoms with van der Waals surface area (Å²) in [5.41, 5.74) is 19.2. The number of nitrogens with zero attached hydrogens (tertiary/aromatic N) is 3. The Morgan fingerprint density at radius 2 is 1.12 bits per heavy atom. The van der Waals surface area contributed by atoms with Crippen LogP contribution >= 0.6 is 0 Å². The lowest BCUT2D eigenvalue weighted by molar-refractivity contribution is 0.466. The molecule has 7 aromatic carbocycles. The molecule has 1 N–H and O–H groups in total. The summed E-state index contributed by atoms with van der Waals surface area (Å²) in [7, 11) is 0. The van der Waals surface area contributed by atoms with Gasteiger partial charge in [0.2, 0.25) is 0 Å². The average Bonchev–Trinajstić information content (AvgIpc) is 3.72. The second-order valence-electron chi connectivity index (χ2n) is 21.7. The van der Waals surface area contributed by atoms with Gasteiger partial charge in [-0.25, -0.2) is 4.98 Å². The molecular weight excluding hydrogens is 839 g/mol. The summed E-state index contributed by atoms with van der Waals surface area (Å²) in [6.07, 6.45) is 1.92. The van der Waals surface area contributed by atoms with Gasteiger partial charge in [-0.05, 0) is 138 Å². The molecule has 4 heteroatoms. The van der Waals surface area contributed by atoms with Gasteiger partial charge in [0.05, 0.1) is 28.0 Å². The maximum absolute atomic E-state index is 12.4. The molecule has 0 radical (unpaired) electrons. The predicted molar refractivity (Wildman–Crippen MR) is 293 cm³/mol. The van der Waals surface area contributed by atoms with Crippen LogP contribution in [-0.2, 0) is 10.8 Å². The highest BCUT2D eigenvalue weighted by Crippen LogP contribution is 2.45. The lowest BCUT2D eigenvalue weighted by atomic mass is 9.83. The van der Waals surface area contributed by atoms with Crippen molar-refractivity contribution < 1.29 is 6.48 Å². The largest absolute Gasteiger partial charge is 0.507 e. The second kappa shape index (κ2) is 18.5. The van der Waals surface area contributed by atoms with E-state index in [0.717, 1.165) is 78.0 Å². The molecule has 9 rings (SSSR count). The first-order chi connectivity index (χ1) is 33.2. The van der Waals surface area contributed by atoms with E-state index in [9.17, 15) is 5.11 Å². The lowest BCUT2D eigenvalue weighted by Gasteiger charge is -2.22. The minimum absolute atomic E-state index is 0.0122. The van der Waals surface area contributed by atoms with Gasteiger partial charge in [0.1, 0.15) is 11.6 Å². The van der Waals surface area contributed by atoms with Gasteiger partial charge < -0.3 is 5.11 Å². The van der Waals surface area contributed by atoms with Crippen LogP contribution in [0.15, 0.2) is 164 Å². The first-order valence-corrected chi connectivity index (χ1v) is 24.6. The number of phenolic OH excluding ortho intramolecular Hbond substituents is 1. The Hall–Kier alpha value is -7.04. The maximum Gasteiger partial charge on any atom is 0.149 e. The second-order valence-corrected chi connectivity index (χ2v) is 21.7. The van der Waals surface area contributed by atoms with E-state index < -0.39 is 5.89 Å². The molecule has 0 bridgehead atoms. The maximum atomic E-state index is 12.4. The Labute approximate surface area is 412 Å². The van der Waals surface area contributed by atoms with Crippen molar-refractivity contribution in [1.82, 2.24) is 14.5 Å². The minimum Gasteiger partial charge on any atom is -0.507 e. The summed E-state index contributed by atoms with van der Waals surface area (Å²) in [5.74, 6) is 0.379. The number of benzene rings is 7. The Bertz CT molecular complexity index is 3360. The molecule has 0 amide bonds. The Morgan fingerprint density at radius 3 is 1.75 bits per heavy atom. The van der Waals surface area contributed by atoms with Crippen LogP contribution in [0.2, 0.25) is 0 Å². The first kappa shape index (κ1) is 45.7. The number of rotatable bonds is 10. The van der Waals surface area contributed by atoms with Crippen LogP contribution in [0.3, 0.4) is 0 Å². The highest BCUT2D eigenvalue weighted by atomic mass is 16.3. The number of imidazole rings is 1. The van der Waals surface area contributed by atoms with E-state index in [4.69, 9.17) is 11.3 Å². The van der Waals surface area contributed by atoms with Crippen LogP contribution < -0.4 is 0 Å². The highest BCUT2D eigenvalue weighted by Gasteiger charge is 2.26. The first-order valence-electron chi connectivity index (χ1n) is 25.1. The predicted octanol–water partition coefficient (Wildman–Crippen LogP) is 18.1. The summed E-state index contributed by atoms with van der Waals surface area (Å²) < 4.78 is 11.4. The summed E-state index contributed by atoms with van der Waals surface area (Å²) in [5, 5.41) is 12.4. The standard InChI is InChI=1S/C65H67N3O/c1-40(2)47-27-30-59(56(36-47)46-25-28-52(29-26-46)64(7,8)9)68-60-20-16-19-54(61(60)67-63(68)57-38-49(41(3)4)37-55(42(5)6)62(57)69)50-33-51(35-53(34-50)65(10,11)12)58-39-48(31-32-66-58)45-23-21-44(22-24-45)43-17-14-13-15-18-43/h13-42,69H,1-12H3/i40D. The van der Waals surface area contributed by atoms with Crippen LogP contribution in [0.1, 0.15) is 130 Å². The molecule has 0 aliphatic carbocycles. The fourth-order valence-electron chi connectivity index (χ4n) is 9.42. The summed E-state index contributed by atoms with van der Waals surface area (Å²) in [4.78, 5) is 10.7. The van der Waals surface area contributed by atoms with E-state index in [1.807, 2.05) is 26.1 Å². The van der Waals surface area contributed by atoms with Crippen molar-refractivity contribution in [2.45, 2.75) is 112 Å². The molecule has 0 saturated carbocycles. The van der Waals surface area contributed by atoms with E-state index >= 15 is 0 Å². The molecule has 0 atom stereocenters. The zero-order valence-corrected chi connectivity index (χ0v) is 42.5. The van der Waals surface area contributed by atoms with Crippen LogP contribution in [0.5, 0.6) is 5.75 Å². The van der Waals surface area contributed by atoms with Gasteiger partial charge in [0.25, 0.3) is 0 Å². The van der Waals surface area contributed by atoms with E-state index in [1.54, 1.807) is 0 Å². The van der Waals surface area contributed by atoms with Crippen molar-refractivity contribution in [3.05, 3.63) is 192 Å². The van der Waals surface area contributed by atoms with E-state index in [2.05, 4.69) is 225 Å². The molecule has 0 spiro atoms. The normalized spacial score (nSPS) is 12.6. The fourth-order valence-corrected chi connectivity index (χ4v) is 9.42. The van der Waals surface area contributed by atoms with Crippen LogP contribution in [-0.4, -0.2) is 19.6 Å². The minimum atomic E-state index is -0.835. The number of phenols is 1. The monoisotopic (exact) mass is 907 g/mol. The van der Waals surface area contributed by atoms with Crippen molar-refractivity contribution >= 4 is 11.0 Å². The van der Waals surface area contributed by atoms with Gasteiger partial charge in [0.15, 0.2) is 0 Å². The Balaban J connectivity index is 1.29. The number of aromatic hydroxyl groups is 1. The molecule has 0 fully saturated rings. The number of pyridine rings is 1. The van der Waals surface area contributed by atoms with Crippen LogP contribution in [0.25, 0.3) is 83.9 Å². The number of para-hydroxylation sites is 1. The van der Waals surface area contributed by atoms with Gasteiger partial charge in [-0.1, -0.05) is 192 Å². The van der Waals surface area contributed by atoms with Crippen molar-refractivity contribution in [2.24, 2.45) is 0 Å². The number of hydrogen-bond donors (Lipinski definition) is 1. The smallest absolute Gasteiger partial charge is 0.149 e. The molecule has 2 aromatic heterocycles. The molecule has 0 aliphatic rings. The molecule has 69 heavy (non-hydrogen) atoms. The van der Waals surface area contributed by atoms with Gasteiger partial charge >= 0.3 is 0 Å². The highest BCUT2D eigenvalue weighted by molar-refractivity contribution is 5.98. The van der Waals surface area contributed by atoms with Crippen LogP contribution in [0.4, 0.5) is 0 Å². The van der Waals surface area contributed by atoms with E-state index in [-0.39, 0.29) is 28.4 Å². The van der Waals surface area contributed by atoms with Gasteiger partial charge in [-0.15, -0.1) is 0 Å². The zero-order valence-electron chi connectivity index (χ0n) is 43.5. The Kier molecular flexibility index (Phi) is 12.2. The third-order valence-electron chi connectivity index (χ3n) is 13.7. The lowest BCUT2D eigenvalue weighted by Crippen LogP contribution is -2.11. The van der Waals surface area contributed by atoms with Gasteiger partial charge in [-0.2, -0.15) is 0 Å². The quantitative estimate of drug-likeness (QED) is 0.149. The SMILES string of the molecule is [2H]C(C)(C)c1ccc(-n2c(-c3cc(C(C)C)cc(C(C)C)c3O)nc3c(-c4cc(-c5cc(-c6ccc(-c7ccccc7)cc6)ccn5)cc(C(C)(C)C)c4)cccc32)c(-c2ccc(C(C)(C)C)cc2)c1. The molecule has 9 aromatic rings. The van der Waals surface area contributed by atoms with E-state index in [1.165, 1.54) is 22.3 Å². The average molecular weight is 907 g/mol. The topological polar surface area (TPSA) is 50.9 Å². The molecular formula is C65H67N3O. The van der Waals surface area contributed by atoms with Crippen molar-refractivity contribution in [1.29, 1.82) is 0 Å². The van der Waals surface area contributed by atoms with E-state index in [0.29, 0.717) is 11.4 Å². The van der Waals surface area contributed by atoms with Crippen molar-refractivity contribution in [2.75, 3.05) is 0 Å². The molecule has 4 nitrogen and oxygen atoms in total. The van der Waals surface area contributed by atoms with Gasteiger partial charge in [-0.3, -0.25) is 9.55 Å². The Morgan fingerprint density at radius 1 is 0.493 bits per heavy atom. The molecule has 2 heterocycles.